The summed E-state index contributed by atoms with van der Waals surface area (Å²) in [6.07, 6.45) is 1.83. The highest BCUT2D eigenvalue weighted by molar-refractivity contribution is 5.94. The number of carbonyl (C=O) groups is 1. The van der Waals surface area contributed by atoms with Gasteiger partial charge in [0.25, 0.3) is 0 Å². The number of nitrogens with one attached hydrogen (secondary N) is 2. The summed E-state index contributed by atoms with van der Waals surface area (Å²) in [6.45, 7) is 1.12. The van der Waals surface area contributed by atoms with E-state index in [0.29, 0.717) is 25.3 Å². The number of amides is 1. The minimum Gasteiger partial charge on any atom is -0.392 e. The SMILES string of the molecule is O=C(Nc1ccn(Cc2ccccc2)n1)[C@H]1C[C@H](O)CN1. The fourth-order valence-electron chi connectivity index (χ4n) is 2.42. The third-order valence-corrected chi connectivity index (χ3v) is 3.50. The molecule has 110 valence electrons. The lowest BCUT2D eigenvalue weighted by Gasteiger charge is -2.08. The van der Waals surface area contributed by atoms with Crippen molar-refractivity contribution >= 4 is 11.7 Å². The number of nitrogens with zero attached hydrogens (tertiary/aromatic N) is 2. The van der Waals surface area contributed by atoms with Gasteiger partial charge in [-0.05, 0) is 12.0 Å². The Morgan fingerprint density at radius 1 is 1.38 bits per heavy atom. The first-order valence-electron chi connectivity index (χ1n) is 7.00. The van der Waals surface area contributed by atoms with Crippen molar-refractivity contribution in [3.05, 3.63) is 48.2 Å². The fourth-order valence-corrected chi connectivity index (χ4v) is 2.42. The predicted octanol–water partition coefficient (Wildman–Crippen LogP) is 0.593. The molecule has 0 aliphatic carbocycles. The first kappa shape index (κ1) is 13.8. The van der Waals surface area contributed by atoms with E-state index >= 15 is 0 Å². The molecule has 0 saturated carbocycles. The molecule has 1 aliphatic rings. The topological polar surface area (TPSA) is 79.2 Å². The van der Waals surface area contributed by atoms with Crippen LogP contribution in [0.15, 0.2) is 42.6 Å². The van der Waals surface area contributed by atoms with Crippen molar-refractivity contribution in [1.29, 1.82) is 0 Å². The van der Waals surface area contributed by atoms with Gasteiger partial charge < -0.3 is 15.7 Å². The number of anilines is 1. The summed E-state index contributed by atoms with van der Waals surface area (Å²) in [7, 11) is 0. The molecule has 1 amide bonds. The maximum Gasteiger partial charge on any atom is 0.242 e. The molecule has 2 atom stereocenters. The second-order valence-corrected chi connectivity index (χ2v) is 5.22. The zero-order chi connectivity index (χ0) is 14.7. The minimum absolute atomic E-state index is 0.156. The molecule has 1 aromatic carbocycles. The van der Waals surface area contributed by atoms with Crippen LogP contribution in [-0.2, 0) is 11.3 Å². The highest BCUT2D eigenvalue weighted by Crippen LogP contribution is 2.10. The Hall–Kier alpha value is -2.18. The summed E-state index contributed by atoms with van der Waals surface area (Å²) >= 11 is 0. The second kappa shape index (κ2) is 6.07. The molecular formula is C15H18N4O2. The molecular weight excluding hydrogens is 268 g/mol. The lowest BCUT2D eigenvalue weighted by Crippen LogP contribution is -2.35. The van der Waals surface area contributed by atoms with Gasteiger partial charge in [-0.2, -0.15) is 5.10 Å². The van der Waals surface area contributed by atoms with Crippen LogP contribution in [0.25, 0.3) is 0 Å². The molecule has 1 aromatic heterocycles. The van der Waals surface area contributed by atoms with Gasteiger partial charge in [-0.3, -0.25) is 9.48 Å². The van der Waals surface area contributed by atoms with Crippen LogP contribution in [0.4, 0.5) is 5.82 Å². The summed E-state index contributed by atoms with van der Waals surface area (Å²) in [5, 5.41) is 19.5. The van der Waals surface area contributed by atoms with Crippen LogP contribution < -0.4 is 10.6 Å². The van der Waals surface area contributed by atoms with Crippen LogP contribution in [-0.4, -0.2) is 39.5 Å². The molecule has 1 aliphatic heterocycles. The highest BCUT2D eigenvalue weighted by Gasteiger charge is 2.28. The van der Waals surface area contributed by atoms with Crippen LogP contribution in [0.5, 0.6) is 0 Å². The van der Waals surface area contributed by atoms with Crippen molar-refractivity contribution in [2.75, 3.05) is 11.9 Å². The second-order valence-electron chi connectivity index (χ2n) is 5.22. The number of hydrogen-bond donors (Lipinski definition) is 3. The lowest BCUT2D eigenvalue weighted by molar-refractivity contribution is -0.118. The number of aliphatic hydroxyl groups is 1. The Kier molecular flexibility index (Phi) is 3.98. The molecule has 0 unspecified atom stereocenters. The third kappa shape index (κ3) is 3.48. The first-order chi connectivity index (χ1) is 10.2. The molecule has 0 spiro atoms. The molecule has 1 saturated heterocycles. The molecule has 2 aromatic rings. The largest absolute Gasteiger partial charge is 0.392 e. The van der Waals surface area contributed by atoms with E-state index in [1.54, 1.807) is 10.7 Å². The highest BCUT2D eigenvalue weighted by atomic mass is 16.3. The molecule has 0 bridgehead atoms. The Bertz CT molecular complexity index is 611. The van der Waals surface area contributed by atoms with Gasteiger partial charge >= 0.3 is 0 Å². The summed E-state index contributed by atoms with van der Waals surface area (Å²) < 4.78 is 1.78. The standard InChI is InChI=1S/C15H18N4O2/c20-12-8-13(16-9-12)15(21)17-14-6-7-19(18-14)10-11-4-2-1-3-5-11/h1-7,12-13,16,20H,8-10H2,(H,17,18,21)/t12-,13+/m0/s1. The number of hydrogen-bond acceptors (Lipinski definition) is 4. The van der Waals surface area contributed by atoms with Crippen molar-refractivity contribution in [3.8, 4) is 0 Å². The smallest absolute Gasteiger partial charge is 0.242 e. The van der Waals surface area contributed by atoms with Gasteiger partial charge in [0.1, 0.15) is 0 Å². The molecule has 3 N–H and O–H groups in total. The van der Waals surface area contributed by atoms with Crippen LogP contribution in [0.3, 0.4) is 0 Å². The first-order valence-corrected chi connectivity index (χ1v) is 7.00. The van der Waals surface area contributed by atoms with Gasteiger partial charge in [-0.1, -0.05) is 30.3 Å². The van der Waals surface area contributed by atoms with E-state index < -0.39 is 6.10 Å². The van der Waals surface area contributed by atoms with E-state index in [2.05, 4.69) is 15.7 Å². The number of carbonyl (C=O) groups excluding carboxylic acids is 1. The minimum atomic E-state index is -0.448. The van der Waals surface area contributed by atoms with Gasteiger partial charge in [-0.25, -0.2) is 0 Å². The molecule has 6 nitrogen and oxygen atoms in total. The maximum absolute atomic E-state index is 12.0. The van der Waals surface area contributed by atoms with Crippen molar-refractivity contribution in [1.82, 2.24) is 15.1 Å². The van der Waals surface area contributed by atoms with Gasteiger partial charge in [0, 0.05) is 18.8 Å². The zero-order valence-corrected chi connectivity index (χ0v) is 11.6. The number of aliphatic hydroxyl groups excluding tert-OH is 1. The van der Waals surface area contributed by atoms with E-state index in [4.69, 9.17) is 0 Å². The monoisotopic (exact) mass is 286 g/mol. The van der Waals surface area contributed by atoms with E-state index in [1.165, 1.54) is 0 Å². The van der Waals surface area contributed by atoms with E-state index in [0.717, 1.165) is 5.56 Å². The number of rotatable bonds is 4. The van der Waals surface area contributed by atoms with E-state index in [9.17, 15) is 9.90 Å². The predicted molar refractivity (Wildman–Crippen MR) is 78.8 cm³/mol. The lowest BCUT2D eigenvalue weighted by atomic mass is 10.2. The van der Waals surface area contributed by atoms with Gasteiger partial charge in [0.15, 0.2) is 5.82 Å². The van der Waals surface area contributed by atoms with Crippen molar-refractivity contribution in [2.45, 2.75) is 25.1 Å². The van der Waals surface area contributed by atoms with Gasteiger partial charge in [0.05, 0.1) is 18.7 Å². The molecule has 2 heterocycles. The van der Waals surface area contributed by atoms with Crippen LogP contribution in [0, 0.1) is 0 Å². The number of benzene rings is 1. The Morgan fingerprint density at radius 2 is 2.19 bits per heavy atom. The molecule has 0 radical (unpaired) electrons. The quantitative estimate of drug-likeness (QED) is 0.769. The fraction of sp³-hybridized carbons (Fsp3) is 0.333. The van der Waals surface area contributed by atoms with Gasteiger partial charge in [0.2, 0.25) is 5.91 Å². The maximum atomic E-state index is 12.0. The summed E-state index contributed by atoms with van der Waals surface area (Å²) in [4.78, 5) is 12.0. The van der Waals surface area contributed by atoms with Gasteiger partial charge in [-0.15, -0.1) is 0 Å². The Labute approximate surface area is 122 Å². The summed E-state index contributed by atoms with van der Waals surface area (Å²) in [5.74, 6) is 0.371. The molecule has 21 heavy (non-hydrogen) atoms. The molecule has 1 fully saturated rings. The molecule has 3 rings (SSSR count). The zero-order valence-electron chi connectivity index (χ0n) is 11.6. The Balaban J connectivity index is 1.59. The summed E-state index contributed by atoms with van der Waals surface area (Å²) in [6, 6.07) is 11.4. The van der Waals surface area contributed by atoms with Crippen LogP contribution in [0.1, 0.15) is 12.0 Å². The normalized spacial score (nSPS) is 21.4. The van der Waals surface area contributed by atoms with Crippen molar-refractivity contribution < 1.29 is 9.90 Å². The van der Waals surface area contributed by atoms with Crippen LogP contribution in [0.2, 0.25) is 0 Å². The third-order valence-electron chi connectivity index (χ3n) is 3.50. The van der Waals surface area contributed by atoms with Crippen molar-refractivity contribution in [3.63, 3.8) is 0 Å². The van der Waals surface area contributed by atoms with Crippen molar-refractivity contribution in [2.24, 2.45) is 0 Å². The van der Waals surface area contributed by atoms with E-state index in [1.807, 2.05) is 36.5 Å². The number of aromatic nitrogens is 2. The average molecular weight is 286 g/mol. The molecule has 6 heteroatoms. The van der Waals surface area contributed by atoms with Crippen LogP contribution >= 0.6 is 0 Å². The number of β-amino-alcohol motifs (C(OH)–C–C–N with tert-alkyl or cyclic N) is 1. The Morgan fingerprint density at radius 3 is 2.90 bits per heavy atom. The summed E-state index contributed by atoms with van der Waals surface area (Å²) in [5.41, 5.74) is 1.15. The van der Waals surface area contributed by atoms with E-state index in [-0.39, 0.29) is 11.9 Å². The average Bonchev–Trinajstić information content (AvgIpc) is 3.09.